The molecule has 16 heteroatoms. The Morgan fingerprint density at radius 2 is 1.57 bits per heavy atom. The Balaban J connectivity index is 1.93. The number of hydrogen-bond acceptors (Lipinski definition) is 6. The minimum Gasteiger partial charge on any atom is -0.530 e. The molecule has 0 saturated heterocycles. The Bertz CT molecular complexity index is 1310. The number of anilines is 1. The van der Waals surface area contributed by atoms with Crippen molar-refractivity contribution in [1.82, 2.24) is 9.21 Å². The monoisotopic (exact) mass is 554 g/mol. The lowest BCUT2D eigenvalue weighted by Gasteiger charge is -2.32. The number of fused-ring (bicyclic) bond motifs is 1. The van der Waals surface area contributed by atoms with Crippen molar-refractivity contribution in [1.29, 1.82) is 0 Å². The van der Waals surface area contributed by atoms with Crippen molar-refractivity contribution in [3.8, 4) is 0 Å². The molecule has 0 spiro atoms. The van der Waals surface area contributed by atoms with Gasteiger partial charge in [-0.05, 0) is 35.4 Å². The first-order valence-electron chi connectivity index (χ1n) is 10.1. The van der Waals surface area contributed by atoms with Crippen LogP contribution in [0.4, 0.5) is 36.8 Å². The van der Waals surface area contributed by atoms with Crippen molar-refractivity contribution in [2.45, 2.75) is 35.4 Å². The molecule has 0 aromatic heterocycles. The summed E-state index contributed by atoms with van der Waals surface area (Å²) in [6.07, 6.45) is -14.0. The van der Waals surface area contributed by atoms with Gasteiger partial charge in [-0.25, -0.2) is 12.7 Å². The number of nitrogens with zero attached hydrogens (tertiary/aromatic N) is 2. The first-order valence-corrected chi connectivity index (χ1v) is 11.6. The summed E-state index contributed by atoms with van der Waals surface area (Å²) in [4.78, 5) is 24.9. The molecule has 0 aliphatic carbocycles. The van der Waals surface area contributed by atoms with Crippen LogP contribution in [-0.2, 0) is 27.0 Å². The van der Waals surface area contributed by atoms with E-state index in [1.807, 2.05) is 0 Å². The van der Waals surface area contributed by atoms with Crippen LogP contribution in [0.25, 0.3) is 0 Å². The van der Waals surface area contributed by atoms with E-state index in [0.29, 0.717) is 29.2 Å². The molecule has 0 radical (unpaired) electrons. The third-order valence-corrected chi connectivity index (χ3v) is 7.52. The first-order chi connectivity index (χ1) is 16.8. The quantitative estimate of drug-likeness (QED) is 0.545. The van der Waals surface area contributed by atoms with Gasteiger partial charge in [0.05, 0.1) is 4.90 Å². The molecular weight excluding hydrogens is 536 g/mol. The number of carboxylic acid groups (broad SMARTS) is 1. The standard InChI is InChI=1S/C21H19F6N3O6S/c1-29(2)37(35,36)14-7-8-15-11(9-14)10-30(18(32)33)16(15)17(31)28-13-5-3-12(4-6-13)19(34,20(22,23)24)21(25,26)27/h3-9,16,34H,10H2,1-2H3,(H,28,31)(H,32,33)/p-1. The lowest BCUT2D eigenvalue weighted by molar-refractivity contribution is -0.376. The van der Waals surface area contributed by atoms with Crippen LogP contribution >= 0.6 is 0 Å². The Hall–Kier alpha value is -3.37. The van der Waals surface area contributed by atoms with Gasteiger partial charge in [-0.1, -0.05) is 18.2 Å². The van der Waals surface area contributed by atoms with Gasteiger partial charge < -0.3 is 25.2 Å². The highest BCUT2D eigenvalue weighted by Crippen LogP contribution is 2.50. The van der Waals surface area contributed by atoms with Crippen molar-refractivity contribution in [2.75, 3.05) is 19.4 Å². The van der Waals surface area contributed by atoms with Gasteiger partial charge in [-0.3, -0.25) is 4.79 Å². The summed E-state index contributed by atoms with van der Waals surface area (Å²) in [5.74, 6) is -1.04. The first kappa shape index (κ1) is 28.2. The van der Waals surface area contributed by atoms with E-state index in [1.54, 1.807) is 0 Å². The van der Waals surface area contributed by atoms with Crippen LogP contribution in [-0.4, -0.2) is 61.2 Å². The van der Waals surface area contributed by atoms with Crippen molar-refractivity contribution in [2.24, 2.45) is 0 Å². The summed E-state index contributed by atoms with van der Waals surface area (Å²) in [6.45, 7) is -0.421. The van der Waals surface area contributed by atoms with Crippen molar-refractivity contribution in [3.05, 3.63) is 59.2 Å². The average Bonchev–Trinajstić information content (AvgIpc) is 3.16. The molecule has 1 heterocycles. The smallest absolute Gasteiger partial charge is 0.430 e. The average molecular weight is 554 g/mol. The summed E-state index contributed by atoms with van der Waals surface area (Å²) >= 11 is 0. The zero-order valence-corrected chi connectivity index (χ0v) is 19.7. The number of carbonyl (C=O) groups is 2. The Morgan fingerprint density at radius 3 is 2.03 bits per heavy atom. The lowest BCUT2D eigenvalue weighted by Crippen LogP contribution is -2.53. The summed E-state index contributed by atoms with van der Waals surface area (Å²) in [5, 5.41) is 23.3. The largest absolute Gasteiger partial charge is 0.530 e. The molecule has 2 aromatic carbocycles. The number of rotatable bonds is 5. The maximum absolute atomic E-state index is 13.1. The predicted octanol–water partition coefficient (Wildman–Crippen LogP) is 2.09. The van der Waals surface area contributed by atoms with Crippen LogP contribution in [0.2, 0.25) is 0 Å². The van der Waals surface area contributed by atoms with E-state index in [0.717, 1.165) is 10.4 Å². The number of halogens is 6. The molecular formula is C21H18F6N3O6S-. The van der Waals surface area contributed by atoms with E-state index in [4.69, 9.17) is 0 Å². The molecule has 3 rings (SSSR count). The van der Waals surface area contributed by atoms with Crippen LogP contribution in [0.15, 0.2) is 47.4 Å². The predicted molar refractivity (Wildman–Crippen MR) is 112 cm³/mol. The minimum absolute atomic E-state index is 0.0968. The minimum atomic E-state index is -6.10. The van der Waals surface area contributed by atoms with Gasteiger partial charge in [0.1, 0.15) is 12.1 Å². The summed E-state index contributed by atoms with van der Waals surface area (Å²) < 4.78 is 104. The van der Waals surface area contributed by atoms with E-state index in [9.17, 15) is 54.6 Å². The zero-order chi connectivity index (χ0) is 28.1. The molecule has 1 aliphatic rings. The third-order valence-electron chi connectivity index (χ3n) is 5.71. The highest BCUT2D eigenvalue weighted by atomic mass is 32.2. The normalized spacial score (nSPS) is 16.6. The van der Waals surface area contributed by atoms with Gasteiger partial charge in [0.2, 0.25) is 10.0 Å². The summed E-state index contributed by atoms with van der Waals surface area (Å²) in [7, 11) is -1.33. The molecule has 1 atom stereocenters. The SMILES string of the molecule is CN(C)S(=O)(=O)c1ccc2c(c1)CN(C(=O)[O-])C2C(=O)Nc1ccc(C(O)(C(F)(F)F)C(F)(F)F)cc1. The van der Waals surface area contributed by atoms with Crippen LogP contribution < -0.4 is 10.4 Å². The van der Waals surface area contributed by atoms with Gasteiger partial charge in [-0.15, -0.1) is 0 Å². The molecule has 1 aliphatic heterocycles. The molecule has 0 bridgehead atoms. The molecule has 2 N–H and O–H groups in total. The molecule has 202 valence electrons. The highest BCUT2D eigenvalue weighted by Gasteiger charge is 2.71. The third kappa shape index (κ3) is 4.83. The van der Waals surface area contributed by atoms with Crippen LogP contribution in [0, 0.1) is 0 Å². The maximum atomic E-state index is 13.1. The van der Waals surface area contributed by atoms with Crippen LogP contribution in [0.1, 0.15) is 22.7 Å². The van der Waals surface area contributed by atoms with Gasteiger partial charge in [0.25, 0.3) is 11.5 Å². The lowest BCUT2D eigenvalue weighted by atomic mass is 9.92. The van der Waals surface area contributed by atoms with Crippen molar-refractivity contribution in [3.63, 3.8) is 0 Å². The van der Waals surface area contributed by atoms with Gasteiger partial charge in [0.15, 0.2) is 0 Å². The topological polar surface area (TPSA) is 130 Å². The van der Waals surface area contributed by atoms with E-state index < -0.39 is 58.1 Å². The zero-order valence-electron chi connectivity index (χ0n) is 18.9. The highest BCUT2D eigenvalue weighted by molar-refractivity contribution is 7.89. The van der Waals surface area contributed by atoms with Crippen molar-refractivity contribution >= 4 is 27.7 Å². The molecule has 2 aromatic rings. The van der Waals surface area contributed by atoms with Gasteiger partial charge >= 0.3 is 12.4 Å². The van der Waals surface area contributed by atoms with Crippen LogP contribution in [0.3, 0.4) is 0 Å². The van der Waals surface area contributed by atoms with E-state index in [1.165, 1.54) is 26.2 Å². The Morgan fingerprint density at radius 1 is 1.03 bits per heavy atom. The number of nitrogens with one attached hydrogen (secondary N) is 1. The molecule has 2 amide bonds. The second-order valence-corrected chi connectivity index (χ2v) is 10.4. The summed E-state index contributed by atoms with van der Waals surface area (Å²) in [6, 6.07) is 3.95. The van der Waals surface area contributed by atoms with E-state index >= 15 is 0 Å². The maximum Gasteiger partial charge on any atom is 0.430 e. The molecule has 9 nitrogen and oxygen atoms in total. The molecule has 0 fully saturated rings. The number of hydrogen-bond donors (Lipinski definition) is 2. The molecule has 1 unspecified atom stereocenters. The number of sulfonamides is 1. The van der Waals surface area contributed by atoms with Crippen LogP contribution in [0.5, 0.6) is 0 Å². The molecule has 37 heavy (non-hydrogen) atoms. The van der Waals surface area contributed by atoms with Gasteiger partial charge in [-0.2, -0.15) is 26.3 Å². The number of benzene rings is 2. The number of amides is 2. The second-order valence-electron chi connectivity index (χ2n) is 8.22. The van der Waals surface area contributed by atoms with Gasteiger partial charge in [0, 0.05) is 31.9 Å². The fourth-order valence-corrected chi connectivity index (χ4v) is 4.70. The molecule has 0 saturated carbocycles. The fourth-order valence-electron chi connectivity index (χ4n) is 3.75. The van der Waals surface area contributed by atoms with E-state index in [-0.39, 0.29) is 21.7 Å². The number of carbonyl (C=O) groups excluding carboxylic acids is 2. The number of aliphatic hydroxyl groups is 1. The fraction of sp³-hybridized carbons (Fsp3) is 0.333. The summed E-state index contributed by atoms with van der Waals surface area (Å²) in [5.41, 5.74) is -6.76. The number of alkyl halides is 6. The van der Waals surface area contributed by atoms with E-state index in [2.05, 4.69) is 5.32 Å². The second kappa shape index (κ2) is 9.18. The van der Waals surface area contributed by atoms with Crippen molar-refractivity contribution < 1.29 is 54.6 Å². The Kier molecular flexibility index (Phi) is 7.00. The Labute approximate surface area is 206 Å².